The van der Waals surface area contributed by atoms with Gasteiger partial charge in [-0.2, -0.15) is 0 Å². The number of ether oxygens (including phenoxy) is 7. The van der Waals surface area contributed by atoms with Crippen LogP contribution in [-0.4, -0.2) is 73.2 Å². The number of hydrogen-bond acceptors (Lipinski definition) is 10. The first-order chi connectivity index (χ1) is 15.0. The van der Waals surface area contributed by atoms with Gasteiger partial charge in [0.15, 0.2) is 18.2 Å². The Bertz CT molecular complexity index is 764. The van der Waals surface area contributed by atoms with E-state index in [4.69, 9.17) is 39.6 Å². The zero-order valence-electron chi connectivity index (χ0n) is 19.0. The molecule has 2 heterocycles. The standard InChI is InChI=1S/C22H30O10/c1-8-12-22(18(24)26-10-3,19(25)27-11-4)28-13-15-21(9-2,30-14(5)23)16-17(29-15)32-20(6,7)31-16/h2,8,15-17H,1,10-13H2,3-7H3/t15-,16+,17-,21-/m1/s1. The molecule has 0 amide bonds. The van der Waals surface area contributed by atoms with Crippen molar-refractivity contribution in [2.75, 3.05) is 19.8 Å². The van der Waals surface area contributed by atoms with Crippen LogP contribution in [0.1, 0.15) is 41.0 Å². The number of esters is 3. The SMILES string of the molecule is C#C[C@@]1(OC(C)=O)[C@@H](COC(CC=C)(C(=O)OCC)C(=O)OCC)O[C@@H]2OC(C)(C)O[C@@H]21. The molecule has 4 atom stereocenters. The van der Waals surface area contributed by atoms with E-state index in [9.17, 15) is 14.4 Å². The van der Waals surface area contributed by atoms with E-state index in [1.807, 2.05) is 0 Å². The van der Waals surface area contributed by atoms with Gasteiger partial charge in [0.25, 0.3) is 5.60 Å². The molecule has 0 aromatic carbocycles. The predicted molar refractivity (Wildman–Crippen MR) is 109 cm³/mol. The molecule has 32 heavy (non-hydrogen) atoms. The Morgan fingerprint density at radius 3 is 2.22 bits per heavy atom. The highest BCUT2D eigenvalue weighted by molar-refractivity contribution is 6.04. The van der Waals surface area contributed by atoms with Crippen LogP contribution in [0.5, 0.6) is 0 Å². The summed E-state index contributed by atoms with van der Waals surface area (Å²) in [7, 11) is 0. The molecule has 0 N–H and O–H groups in total. The molecule has 0 bridgehead atoms. The third-order valence-electron chi connectivity index (χ3n) is 4.92. The van der Waals surface area contributed by atoms with E-state index in [1.54, 1.807) is 27.7 Å². The second kappa shape index (κ2) is 10.0. The third-order valence-corrected chi connectivity index (χ3v) is 4.92. The third kappa shape index (κ3) is 4.81. The lowest BCUT2D eigenvalue weighted by atomic mass is 9.92. The minimum atomic E-state index is -2.15. The van der Waals surface area contributed by atoms with Crippen LogP contribution in [0.2, 0.25) is 0 Å². The van der Waals surface area contributed by atoms with Crippen molar-refractivity contribution < 1.29 is 47.5 Å². The van der Waals surface area contributed by atoms with Gasteiger partial charge in [-0.15, -0.1) is 13.0 Å². The molecule has 0 radical (unpaired) electrons. The molecular formula is C22H30O10. The monoisotopic (exact) mass is 454 g/mol. The maximum atomic E-state index is 12.8. The van der Waals surface area contributed by atoms with E-state index >= 15 is 0 Å². The van der Waals surface area contributed by atoms with Crippen molar-refractivity contribution in [3.8, 4) is 12.3 Å². The summed E-state index contributed by atoms with van der Waals surface area (Å²) in [4.78, 5) is 37.4. The molecule has 0 aromatic rings. The maximum absolute atomic E-state index is 12.8. The van der Waals surface area contributed by atoms with Crippen LogP contribution in [0, 0.1) is 12.3 Å². The number of carbonyl (C=O) groups is 3. The largest absolute Gasteiger partial charge is 0.463 e. The molecule has 0 spiro atoms. The number of carbonyl (C=O) groups excluding carboxylic acids is 3. The quantitative estimate of drug-likeness (QED) is 0.157. The molecule has 2 rings (SSSR count). The summed E-state index contributed by atoms with van der Waals surface area (Å²) in [5.41, 5.74) is -3.88. The molecule has 178 valence electrons. The first-order valence-electron chi connectivity index (χ1n) is 10.3. The predicted octanol–water partition coefficient (Wildman–Crippen LogP) is 1.26. The van der Waals surface area contributed by atoms with Gasteiger partial charge in [-0.1, -0.05) is 12.0 Å². The Morgan fingerprint density at radius 1 is 1.16 bits per heavy atom. The Hall–Kier alpha value is -2.45. The molecule has 2 aliphatic rings. The van der Waals surface area contributed by atoms with Gasteiger partial charge in [-0.3, -0.25) is 4.79 Å². The summed E-state index contributed by atoms with van der Waals surface area (Å²) < 4.78 is 38.8. The van der Waals surface area contributed by atoms with Crippen molar-refractivity contribution in [2.24, 2.45) is 0 Å². The molecule has 2 saturated heterocycles. The topological polar surface area (TPSA) is 116 Å². The van der Waals surface area contributed by atoms with Gasteiger partial charge >= 0.3 is 17.9 Å². The molecule has 0 aromatic heterocycles. The highest BCUT2D eigenvalue weighted by Gasteiger charge is 2.66. The van der Waals surface area contributed by atoms with E-state index in [2.05, 4.69) is 12.5 Å². The lowest BCUT2D eigenvalue weighted by Crippen LogP contribution is -2.56. The van der Waals surface area contributed by atoms with E-state index < -0.39 is 60.0 Å². The zero-order valence-corrected chi connectivity index (χ0v) is 19.0. The van der Waals surface area contributed by atoms with Crippen molar-refractivity contribution in [3.05, 3.63) is 12.7 Å². The van der Waals surface area contributed by atoms with Gasteiger partial charge in [0.05, 0.1) is 19.8 Å². The van der Waals surface area contributed by atoms with Gasteiger partial charge in [0.1, 0.15) is 6.10 Å². The Labute approximate surface area is 187 Å². The molecule has 10 nitrogen and oxygen atoms in total. The van der Waals surface area contributed by atoms with Gasteiger partial charge < -0.3 is 33.2 Å². The average Bonchev–Trinajstić information content (AvgIpc) is 3.15. The smallest absolute Gasteiger partial charge is 0.350 e. The molecule has 2 aliphatic heterocycles. The number of terminal acetylenes is 1. The average molecular weight is 454 g/mol. The van der Waals surface area contributed by atoms with Crippen LogP contribution < -0.4 is 0 Å². The van der Waals surface area contributed by atoms with Crippen molar-refractivity contribution in [1.29, 1.82) is 0 Å². The first-order valence-corrected chi connectivity index (χ1v) is 10.3. The van der Waals surface area contributed by atoms with Gasteiger partial charge in [-0.05, 0) is 27.7 Å². The van der Waals surface area contributed by atoms with Crippen LogP contribution in [0.25, 0.3) is 0 Å². The zero-order chi connectivity index (χ0) is 24.2. The Kier molecular flexibility index (Phi) is 8.07. The Morgan fingerprint density at radius 2 is 1.75 bits per heavy atom. The van der Waals surface area contributed by atoms with E-state index in [1.165, 1.54) is 13.0 Å². The normalized spacial score (nSPS) is 28.3. The van der Waals surface area contributed by atoms with E-state index in [0.29, 0.717) is 0 Å². The van der Waals surface area contributed by atoms with Crippen molar-refractivity contribution >= 4 is 17.9 Å². The van der Waals surface area contributed by atoms with Crippen LogP contribution in [0.4, 0.5) is 0 Å². The lowest BCUT2D eigenvalue weighted by molar-refractivity contribution is -0.239. The van der Waals surface area contributed by atoms with Gasteiger partial charge in [0, 0.05) is 13.3 Å². The lowest BCUT2D eigenvalue weighted by Gasteiger charge is -2.35. The molecular weight excluding hydrogens is 424 g/mol. The van der Waals surface area contributed by atoms with Crippen molar-refractivity contribution in [2.45, 2.75) is 76.5 Å². The second-order valence-electron chi connectivity index (χ2n) is 7.65. The molecule has 0 unspecified atom stereocenters. The number of hydrogen-bond donors (Lipinski definition) is 0. The fourth-order valence-corrected chi connectivity index (χ4v) is 3.64. The first kappa shape index (κ1) is 25.8. The summed E-state index contributed by atoms with van der Waals surface area (Å²) in [6.07, 6.45) is 3.81. The molecule has 0 saturated carbocycles. The highest BCUT2D eigenvalue weighted by Crippen LogP contribution is 2.45. The summed E-state index contributed by atoms with van der Waals surface area (Å²) in [5.74, 6) is -1.19. The maximum Gasteiger partial charge on any atom is 0.350 e. The minimum Gasteiger partial charge on any atom is -0.463 e. The van der Waals surface area contributed by atoms with Crippen LogP contribution in [0.15, 0.2) is 12.7 Å². The van der Waals surface area contributed by atoms with Crippen LogP contribution in [-0.2, 0) is 47.5 Å². The highest BCUT2D eigenvalue weighted by atomic mass is 16.8. The summed E-state index contributed by atoms with van der Waals surface area (Å²) in [6, 6.07) is 0. The number of rotatable bonds is 10. The summed E-state index contributed by atoms with van der Waals surface area (Å²) in [5, 5.41) is 0. The second-order valence-corrected chi connectivity index (χ2v) is 7.65. The van der Waals surface area contributed by atoms with E-state index in [-0.39, 0.29) is 19.6 Å². The van der Waals surface area contributed by atoms with Gasteiger partial charge in [-0.25, -0.2) is 9.59 Å². The summed E-state index contributed by atoms with van der Waals surface area (Å²) >= 11 is 0. The minimum absolute atomic E-state index is 0.00305. The van der Waals surface area contributed by atoms with Gasteiger partial charge in [0.2, 0.25) is 5.60 Å². The Balaban J connectivity index is 2.39. The van der Waals surface area contributed by atoms with Crippen molar-refractivity contribution in [3.63, 3.8) is 0 Å². The van der Waals surface area contributed by atoms with Crippen LogP contribution in [0.3, 0.4) is 0 Å². The van der Waals surface area contributed by atoms with Crippen LogP contribution >= 0.6 is 0 Å². The molecule has 10 heteroatoms. The number of fused-ring (bicyclic) bond motifs is 1. The fraction of sp³-hybridized carbons (Fsp3) is 0.682. The van der Waals surface area contributed by atoms with Crippen molar-refractivity contribution in [1.82, 2.24) is 0 Å². The summed E-state index contributed by atoms with van der Waals surface area (Å²) in [6.45, 7) is 10.8. The fourth-order valence-electron chi connectivity index (χ4n) is 3.64. The molecule has 0 aliphatic carbocycles. The van der Waals surface area contributed by atoms with E-state index in [0.717, 1.165) is 0 Å². The molecule has 2 fully saturated rings.